The first-order chi connectivity index (χ1) is 13.2. The van der Waals surface area contributed by atoms with Crippen LogP contribution < -0.4 is 9.62 Å². The standard InChI is InChI=1S/C18H19BrCl2N2O3S2/c1-28(25,26)23(16-6-3-14(19)4-7-16)11-18(24)22-8-9-27-12-13-2-5-15(20)10-17(13)21/h2-7,10H,8-9,11-12H2,1H3,(H,22,24). The van der Waals surface area contributed by atoms with Crippen LogP contribution >= 0.6 is 50.9 Å². The minimum Gasteiger partial charge on any atom is -0.354 e. The highest BCUT2D eigenvalue weighted by Crippen LogP contribution is 2.24. The van der Waals surface area contributed by atoms with Gasteiger partial charge in [-0.25, -0.2) is 8.42 Å². The molecule has 0 saturated heterocycles. The van der Waals surface area contributed by atoms with Crippen LogP contribution in [-0.4, -0.2) is 39.4 Å². The van der Waals surface area contributed by atoms with E-state index in [0.29, 0.717) is 33.8 Å². The predicted molar refractivity (Wildman–Crippen MR) is 122 cm³/mol. The van der Waals surface area contributed by atoms with E-state index in [1.165, 1.54) is 0 Å². The largest absolute Gasteiger partial charge is 0.354 e. The van der Waals surface area contributed by atoms with Crippen LogP contribution in [0.1, 0.15) is 5.56 Å². The smallest absolute Gasteiger partial charge is 0.240 e. The van der Waals surface area contributed by atoms with Crippen LogP contribution in [0.5, 0.6) is 0 Å². The lowest BCUT2D eigenvalue weighted by Gasteiger charge is -2.22. The van der Waals surface area contributed by atoms with Gasteiger partial charge < -0.3 is 5.32 Å². The number of hydrogen-bond donors (Lipinski definition) is 1. The number of anilines is 1. The quantitative estimate of drug-likeness (QED) is 0.487. The molecule has 0 radical (unpaired) electrons. The number of sulfonamides is 1. The van der Waals surface area contributed by atoms with Gasteiger partial charge in [0.1, 0.15) is 6.54 Å². The van der Waals surface area contributed by atoms with E-state index < -0.39 is 10.0 Å². The summed E-state index contributed by atoms with van der Waals surface area (Å²) in [5.74, 6) is 1.00. The number of rotatable bonds is 9. The molecule has 0 unspecified atom stereocenters. The minimum atomic E-state index is -3.58. The lowest BCUT2D eigenvalue weighted by atomic mass is 10.2. The lowest BCUT2D eigenvalue weighted by molar-refractivity contribution is -0.119. The zero-order valence-electron chi connectivity index (χ0n) is 15.0. The fourth-order valence-electron chi connectivity index (χ4n) is 2.28. The van der Waals surface area contributed by atoms with E-state index in [4.69, 9.17) is 23.2 Å². The molecule has 2 rings (SSSR count). The van der Waals surface area contributed by atoms with Crippen molar-refractivity contribution in [2.75, 3.05) is 29.4 Å². The fourth-order valence-corrected chi connectivity index (χ4v) is 4.81. The Morgan fingerprint density at radius 3 is 2.46 bits per heavy atom. The normalized spacial score (nSPS) is 11.3. The monoisotopic (exact) mass is 524 g/mol. The third kappa shape index (κ3) is 7.48. The van der Waals surface area contributed by atoms with Crippen molar-refractivity contribution in [2.24, 2.45) is 0 Å². The molecule has 0 spiro atoms. The molecule has 0 aliphatic rings. The van der Waals surface area contributed by atoms with Crippen molar-refractivity contribution in [1.29, 1.82) is 0 Å². The molecule has 0 bridgehead atoms. The van der Waals surface area contributed by atoms with Crippen LogP contribution in [-0.2, 0) is 20.6 Å². The van der Waals surface area contributed by atoms with Crippen LogP contribution in [0.2, 0.25) is 10.0 Å². The Bertz CT molecular complexity index is 925. The minimum absolute atomic E-state index is 0.270. The van der Waals surface area contributed by atoms with Gasteiger partial charge in [0.05, 0.1) is 11.9 Å². The van der Waals surface area contributed by atoms with Gasteiger partial charge in [0.15, 0.2) is 0 Å². The number of halogens is 3. The molecule has 0 aliphatic carbocycles. The first kappa shape index (κ1) is 23.3. The lowest BCUT2D eigenvalue weighted by Crippen LogP contribution is -2.41. The Kier molecular flexibility index (Phi) is 8.95. The van der Waals surface area contributed by atoms with Crippen LogP contribution in [0, 0.1) is 0 Å². The maximum Gasteiger partial charge on any atom is 0.240 e. The van der Waals surface area contributed by atoms with Crippen LogP contribution in [0.3, 0.4) is 0 Å². The highest BCUT2D eigenvalue weighted by molar-refractivity contribution is 9.10. The van der Waals surface area contributed by atoms with Crippen molar-refractivity contribution in [1.82, 2.24) is 5.32 Å². The molecule has 2 aromatic carbocycles. The van der Waals surface area contributed by atoms with Gasteiger partial charge in [-0.1, -0.05) is 45.2 Å². The van der Waals surface area contributed by atoms with E-state index >= 15 is 0 Å². The van der Waals surface area contributed by atoms with Gasteiger partial charge in [-0.3, -0.25) is 9.10 Å². The van der Waals surface area contributed by atoms with Crippen LogP contribution in [0.25, 0.3) is 0 Å². The molecule has 0 atom stereocenters. The van der Waals surface area contributed by atoms with Gasteiger partial charge in [0, 0.05) is 32.6 Å². The Labute approximate surface area is 188 Å². The zero-order chi connectivity index (χ0) is 20.7. The van der Waals surface area contributed by atoms with Crippen molar-refractivity contribution in [2.45, 2.75) is 5.75 Å². The van der Waals surface area contributed by atoms with Gasteiger partial charge >= 0.3 is 0 Å². The van der Waals surface area contributed by atoms with Gasteiger partial charge in [-0.15, -0.1) is 0 Å². The number of hydrogen-bond acceptors (Lipinski definition) is 4. The maximum absolute atomic E-state index is 12.2. The van der Waals surface area contributed by atoms with Gasteiger partial charge in [-0.2, -0.15) is 11.8 Å². The van der Waals surface area contributed by atoms with E-state index in [-0.39, 0.29) is 12.5 Å². The first-order valence-electron chi connectivity index (χ1n) is 8.18. The number of amides is 1. The molecule has 10 heteroatoms. The summed E-state index contributed by atoms with van der Waals surface area (Å²) < 4.78 is 26.0. The molecule has 1 N–H and O–H groups in total. The summed E-state index contributed by atoms with van der Waals surface area (Å²) in [4.78, 5) is 12.2. The molecule has 0 fully saturated rings. The summed E-state index contributed by atoms with van der Waals surface area (Å²) in [6, 6.07) is 12.1. The zero-order valence-corrected chi connectivity index (χ0v) is 19.7. The summed E-state index contributed by atoms with van der Waals surface area (Å²) in [5, 5.41) is 3.95. The number of carbonyl (C=O) groups excluding carboxylic acids is 1. The summed E-state index contributed by atoms with van der Waals surface area (Å²) in [5.41, 5.74) is 1.41. The molecular formula is C18H19BrCl2N2O3S2. The Morgan fingerprint density at radius 1 is 1.18 bits per heavy atom. The molecule has 152 valence electrons. The second-order valence-electron chi connectivity index (χ2n) is 5.88. The number of nitrogens with one attached hydrogen (secondary N) is 1. The molecule has 0 aliphatic heterocycles. The predicted octanol–water partition coefficient (Wildman–Crippen LogP) is 4.57. The Balaban J connectivity index is 1.82. The number of nitrogens with zero attached hydrogens (tertiary/aromatic N) is 1. The van der Waals surface area contributed by atoms with Gasteiger partial charge in [0.2, 0.25) is 15.9 Å². The average molecular weight is 526 g/mol. The summed E-state index contributed by atoms with van der Waals surface area (Å²) in [7, 11) is -3.58. The second-order valence-corrected chi connectivity index (χ2v) is 10.7. The van der Waals surface area contributed by atoms with E-state index in [1.54, 1.807) is 48.2 Å². The Morgan fingerprint density at radius 2 is 1.86 bits per heavy atom. The number of carbonyl (C=O) groups is 1. The van der Waals surface area contributed by atoms with Gasteiger partial charge in [0.25, 0.3) is 0 Å². The summed E-state index contributed by atoms with van der Waals surface area (Å²) in [6.07, 6.45) is 1.08. The summed E-state index contributed by atoms with van der Waals surface area (Å²) in [6.45, 7) is 0.154. The number of benzene rings is 2. The second kappa shape index (κ2) is 10.7. The molecule has 0 heterocycles. The van der Waals surface area contributed by atoms with Crippen molar-refractivity contribution >= 4 is 72.5 Å². The molecule has 1 amide bonds. The van der Waals surface area contributed by atoms with E-state index in [9.17, 15) is 13.2 Å². The molecule has 5 nitrogen and oxygen atoms in total. The van der Waals surface area contributed by atoms with Crippen LogP contribution in [0.15, 0.2) is 46.9 Å². The van der Waals surface area contributed by atoms with Crippen LogP contribution in [0.4, 0.5) is 5.69 Å². The fraction of sp³-hybridized carbons (Fsp3) is 0.278. The molecule has 0 aromatic heterocycles. The molecule has 28 heavy (non-hydrogen) atoms. The van der Waals surface area contributed by atoms with Gasteiger partial charge in [-0.05, 0) is 42.0 Å². The van der Waals surface area contributed by atoms with Crippen molar-refractivity contribution in [3.63, 3.8) is 0 Å². The molecule has 2 aromatic rings. The molecule has 0 saturated carbocycles. The van der Waals surface area contributed by atoms with Crippen molar-refractivity contribution in [3.8, 4) is 0 Å². The third-order valence-corrected chi connectivity index (χ3v) is 6.91. The SMILES string of the molecule is CS(=O)(=O)N(CC(=O)NCCSCc1ccc(Cl)cc1Cl)c1ccc(Br)cc1. The Hall–Kier alpha value is -0.930. The van der Waals surface area contributed by atoms with Crippen molar-refractivity contribution < 1.29 is 13.2 Å². The first-order valence-corrected chi connectivity index (χ1v) is 12.7. The molecular weight excluding hydrogens is 507 g/mol. The maximum atomic E-state index is 12.2. The average Bonchev–Trinajstić information content (AvgIpc) is 2.61. The third-order valence-electron chi connectivity index (χ3n) is 3.64. The summed E-state index contributed by atoms with van der Waals surface area (Å²) >= 11 is 16.9. The number of thioether (sulfide) groups is 1. The van der Waals surface area contributed by atoms with E-state index in [2.05, 4.69) is 21.2 Å². The highest BCUT2D eigenvalue weighted by Gasteiger charge is 2.20. The van der Waals surface area contributed by atoms with E-state index in [1.807, 2.05) is 6.07 Å². The topological polar surface area (TPSA) is 66.5 Å². The van der Waals surface area contributed by atoms with Crippen molar-refractivity contribution in [3.05, 3.63) is 62.5 Å². The highest BCUT2D eigenvalue weighted by atomic mass is 79.9. The van der Waals surface area contributed by atoms with E-state index in [0.717, 1.165) is 20.6 Å².